The topological polar surface area (TPSA) is 71.2 Å². The molecule has 0 amide bonds. The number of hydrogen-bond acceptors (Lipinski definition) is 5. The fourth-order valence-electron chi connectivity index (χ4n) is 2.02. The first kappa shape index (κ1) is 10.6. The van der Waals surface area contributed by atoms with Gasteiger partial charge in [0.25, 0.3) is 0 Å². The molecule has 0 saturated heterocycles. The molecule has 1 aliphatic carbocycles. The van der Waals surface area contributed by atoms with Crippen LogP contribution in [0.15, 0.2) is 10.9 Å². The Kier molecular flexibility index (Phi) is 3.69. The first-order valence-corrected chi connectivity index (χ1v) is 5.53. The fourth-order valence-corrected chi connectivity index (χ4v) is 2.02. The summed E-state index contributed by atoms with van der Waals surface area (Å²) in [6, 6.07) is 0.241. The highest BCUT2D eigenvalue weighted by Gasteiger charge is 2.21. The summed E-state index contributed by atoms with van der Waals surface area (Å²) < 4.78 is 4.64. The molecule has 0 spiro atoms. The highest BCUT2D eigenvalue weighted by Crippen LogP contribution is 2.18. The Labute approximate surface area is 88.9 Å². The number of aliphatic hydroxyl groups is 1. The van der Waals surface area contributed by atoms with Crippen LogP contribution in [-0.4, -0.2) is 33.9 Å². The van der Waals surface area contributed by atoms with Crippen LogP contribution in [0.5, 0.6) is 0 Å². The van der Waals surface area contributed by atoms with Crippen molar-refractivity contribution >= 4 is 0 Å². The van der Waals surface area contributed by atoms with Crippen LogP contribution in [0.2, 0.25) is 0 Å². The lowest BCUT2D eigenvalue weighted by Crippen LogP contribution is -2.42. The summed E-state index contributed by atoms with van der Waals surface area (Å²) in [5.41, 5.74) is 0. The molecule has 0 bridgehead atoms. The highest BCUT2D eigenvalue weighted by atomic mass is 16.5. The standard InChI is InChI=1S/C10H17N3O2/c14-9-4-2-1-3-8(9)11-6-5-10-12-7-15-13-10/h7-9,11,14H,1-6H2/t8-,9-/m0/s1. The van der Waals surface area contributed by atoms with Crippen molar-refractivity contribution in [3.8, 4) is 0 Å². The van der Waals surface area contributed by atoms with E-state index in [0.29, 0.717) is 5.82 Å². The zero-order chi connectivity index (χ0) is 10.5. The van der Waals surface area contributed by atoms with Crippen LogP contribution in [0, 0.1) is 0 Å². The van der Waals surface area contributed by atoms with E-state index in [2.05, 4.69) is 20.0 Å². The number of nitrogens with one attached hydrogen (secondary N) is 1. The third kappa shape index (κ3) is 3.00. The summed E-state index contributed by atoms with van der Waals surface area (Å²) in [5.74, 6) is 0.716. The second-order valence-electron chi connectivity index (χ2n) is 4.01. The van der Waals surface area contributed by atoms with Gasteiger partial charge in [-0.15, -0.1) is 0 Å². The first-order valence-electron chi connectivity index (χ1n) is 5.53. The lowest BCUT2D eigenvalue weighted by Gasteiger charge is -2.28. The van der Waals surface area contributed by atoms with Gasteiger partial charge in [-0.25, -0.2) is 0 Å². The minimum atomic E-state index is -0.191. The Balaban J connectivity index is 1.68. The molecule has 5 nitrogen and oxygen atoms in total. The van der Waals surface area contributed by atoms with E-state index in [1.165, 1.54) is 12.8 Å². The molecule has 0 radical (unpaired) electrons. The zero-order valence-corrected chi connectivity index (χ0v) is 8.72. The predicted octanol–water partition coefficient (Wildman–Crippen LogP) is 0.505. The second-order valence-corrected chi connectivity index (χ2v) is 4.01. The molecule has 1 saturated carbocycles. The lowest BCUT2D eigenvalue weighted by molar-refractivity contribution is 0.0913. The van der Waals surface area contributed by atoms with Gasteiger partial charge in [-0.3, -0.25) is 0 Å². The lowest BCUT2D eigenvalue weighted by atomic mass is 9.92. The normalized spacial score (nSPS) is 26.7. The number of aliphatic hydroxyl groups excluding tert-OH is 1. The van der Waals surface area contributed by atoms with Crippen LogP contribution in [0.4, 0.5) is 0 Å². The molecule has 2 N–H and O–H groups in total. The largest absolute Gasteiger partial charge is 0.392 e. The molecule has 15 heavy (non-hydrogen) atoms. The van der Waals surface area contributed by atoms with E-state index in [4.69, 9.17) is 0 Å². The molecule has 2 atom stereocenters. The molecule has 2 rings (SSSR count). The highest BCUT2D eigenvalue weighted by molar-refractivity contribution is 4.83. The molecule has 1 heterocycles. The van der Waals surface area contributed by atoms with Crippen LogP contribution < -0.4 is 5.32 Å². The van der Waals surface area contributed by atoms with Crippen LogP contribution >= 0.6 is 0 Å². The van der Waals surface area contributed by atoms with Gasteiger partial charge in [0.05, 0.1) is 6.10 Å². The molecule has 0 unspecified atom stereocenters. The minimum Gasteiger partial charge on any atom is -0.392 e. The molecule has 1 fully saturated rings. The Morgan fingerprint density at radius 1 is 1.47 bits per heavy atom. The van der Waals surface area contributed by atoms with E-state index in [0.717, 1.165) is 32.2 Å². The third-order valence-electron chi connectivity index (χ3n) is 2.89. The molecule has 0 aliphatic heterocycles. The molecular formula is C10H17N3O2. The number of rotatable bonds is 4. The summed E-state index contributed by atoms with van der Waals surface area (Å²) >= 11 is 0. The second kappa shape index (κ2) is 5.23. The molecular weight excluding hydrogens is 194 g/mol. The summed E-state index contributed by atoms with van der Waals surface area (Å²) in [4.78, 5) is 3.94. The summed E-state index contributed by atoms with van der Waals surface area (Å²) in [5, 5.41) is 16.8. The van der Waals surface area contributed by atoms with Crippen molar-refractivity contribution in [1.82, 2.24) is 15.5 Å². The first-order chi connectivity index (χ1) is 7.36. The minimum absolute atomic E-state index is 0.191. The number of aromatic nitrogens is 2. The molecule has 1 aliphatic rings. The van der Waals surface area contributed by atoms with Gasteiger partial charge < -0.3 is 14.9 Å². The molecule has 1 aromatic heterocycles. The van der Waals surface area contributed by atoms with Crippen molar-refractivity contribution in [1.29, 1.82) is 0 Å². The van der Waals surface area contributed by atoms with Gasteiger partial charge >= 0.3 is 0 Å². The maximum absolute atomic E-state index is 9.71. The van der Waals surface area contributed by atoms with Gasteiger partial charge in [0.2, 0.25) is 6.39 Å². The predicted molar refractivity (Wildman–Crippen MR) is 54.3 cm³/mol. The van der Waals surface area contributed by atoms with Gasteiger partial charge in [-0.2, -0.15) is 4.98 Å². The van der Waals surface area contributed by atoms with E-state index in [9.17, 15) is 5.11 Å². The Morgan fingerprint density at radius 3 is 3.07 bits per heavy atom. The summed E-state index contributed by atoms with van der Waals surface area (Å²) in [7, 11) is 0. The summed E-state index contributed by atoms with van der Waals surface area (Å²) in [6.07, 6.45) is 6.22. The van der Waals surface area contributed by atoms with Crippen molar-refractivity contribution in [2.45, 2.75) is 44.2 Å². The fraction of sp³-hybridized carbons (Fsp3) is 0.800. The van der Waals surface area contributed by atoms with Gasteiger partial charge in [-0.1, -0.05) is 18.0 Å². The molecule has 5 heteroatoms. The monoisotopic (exact) mass is 211 g/mol. The maximum atomic E-state index is 9.71. The van der Waals surface area contributed by atoms with Gasteiger partial charge in [0.15, 0.2) is 5.82 Å². The van der Waals surface area contributed by atoms with Crippen LogP contribution in [0.25, 0.3) is 0 Å². The zero-order valence-electron chi connectivity index (χ0n) is 8.72. The SMILES string of the molecule is O[C@H]1CCCC[C@@H]1NCCc1ncon1. The van der Waals surface area contributed by atoms with E-state index in [1.807, 2.05) is 0 Å². The molecule has 0 aromatic carbocycles. The van der Waals surface area contributed by atoms with Crippen molar-refractivity contribution in [2.24, 2.45) is 0 Å². The molecule has 1 aromatic rings. The van der Waals surface area contributed by atoms with Gasteiger partial charge in [0.1, 0.15) is 0 Å². The average molecular weight is 211 g/mol. The van der Waals surface area contributed by atoms with Crippen LogP contribution in [0.1, 0.15) is 31.5 Å². The van der Waals surface area contributed by atoms with E-state index >= 15 is 0 Å². The third-order valence-corrected chi connectivity index (χ3v) is 2.89. The van der Waals surface area contributed by atoms with Crippen molar-refractivity contribution in [3.05, 3.63) is 12.2 Å². The van der Waals surface area contributed by atoms with Crippen LogP contribution in [0.3, 0.4) is 0 Å². The maximum Gasteiger partial charge on any atom is 0.213 e. The molecule has 84 valence electrons. The van der Waals surface area contributed by atoms with Crippen molar-refractivity contribution in [2.75, 3.05) is 6.54 Å². The Morgan fingerprint density at radius 2 is 2.33 bits per heavy atom. The van der Waals surface area contributed by atoms with Crippen molar-refractivity contribution in [3.63, 3.8) is 0 Å². The number of nitrogens with zero attached hydrogens (tertiary/aromatic N) is 2. The Hall–Kier alpha value is -0.940. The van der Waals surface area contributed by atoms with E-state index in [-0.39, 0.29) is 12.1 Å². The van der Waals surface area contributed by atoms with E-state index < -0.39 is 0 Å². The average Bonchev–Trinajstić information content (AvgIpc) is 2.74. The number of hydrogen-bond donors (Lipinski definition) is 2. The Bertz CT molecular complexity index is 276. The summed E-state index contributed by atoms with van der Waals surface area (Å²) in [6.45, 7) is 0.793. The van der Waals surface area contributed by atoms with Gasteiger partial charge in [-0.05, 0) is 12.8 Å². The van der Waals surface area contributed by atoms with E-state index in [1.54, 1.807) is 0 Å². The quantitative estimate of drug-likeness (QED) is 0.759. The van der Waals surface area contributed by atoms with Crippen LogP contribution in [-0.2, 0) is 6.42 Å². The smallest absolute Gasteiger partial charge is 0.213 e. The van der Waals surface area contributed by atoms with Gasteiger partial charge in [0, 0.05) is 19.0 Å². The van der Waals surface area contributed by atoms with Crippen molar-refractivity contribution < 1.29 is 9.63 Å².